The van der Waals surface area contributed by atoms with E-state index >= 15 is 0 Å². The molecule has 87 heavy (non-hydrogen) atoms. The average Bonchev–Trinajstić information content (AvgIpc) is 1.54. The first-order chi connectivity index (χ1) is 43.1. The first kappa shape index (κ1) is 48.4. The Morgan fingerprint density at radius 1 is 0.230 bits per heavy atom. The summed E-state index contributed by atoms with van der Waals surface area (Å²) < 4.78 is 12.0. The first-order valence-electron chi connectivity index (χ1n) is 29.4. The predicted molar refractivity (Wildman–Crippen MR) is 358 cm³/mol. The summed E-state index contributed by atoms with van der Waals surface area (Å²) in [6, 6.07) is 107. The Morgan fingerprint density at radius 3 is 1.02 bits per heavy atom. The highest BCUT2D eigenvalue weighted by Crippen LogP contribution is 2.52. The molecule has 18 rings (SSSR count). The second-order valence-corrected chi connectivity index (χ2v) is 22.6. The van der Waals surface area contributed by atoms with Crippen LogP contribution in [0.25, 0.3) is 160 Å². The van der Waals surface area contributed by atoms with Gasteiger partial charge in [0.2, 0.25) is 0 Å². The number of hydrogen-bond acceptors (Lipinski definition) is 2. The second-order valence-electron chi connectivity index (χ2n) is 22.6. The molecule has 0 amide bonds. The van der Waals surface area contributed by atoms with Crippen molar-refractivity contribution >= 4 is 109 Å². The maximum Gasteiger partial charge on any atom is 0.104 e. The number of nitrogens with zero attached hydrogens (tertiary/aromatic N) is 7. The van der Waals surface area contributed by atoms with Gasteiger partial charge in [-0.1, -0.05) is 176 Å². The zero-order valence-corrected chi connectivity index (χ0v) is 46.8. The molecule has 0 atom stereocenters. The zero-order chi connectivity index (χ0) is 57.4. The fourth-order valence-electron chi connectivity index (χ4n) is 14.5. The van der Waals surface area contributed by atoms with Crippen LogP contribution in [-0.4, -0.2) is 22.8 Å². The molecule has 5 heterocycles. The van der Waals surface area contributed by atoms with Crippen molar-refractivity contribution in [1.82, 2.24) is 22.8 Å². The number of hydrogen-bond donors (Lipinski definition) is 0. The van der Waals surface area contributed by atoms with Gasteiger partial charge in [0.05, 0.1) is 78.2 Å². The lowest BCUT2D eigenvalue weighted by atomic mass is 9.94. The molecule has 7 heteroatoms. The van der Waals surface area contributed by atoms with Crippen LogP contribution in [0.3, 0.4) is 0 Å². The lowest BCUT2D eigenvalue weighted by Crippen LogP contribution is -2.06. The van der Waals surface area contributed by atoms with Gasteiger partial charge in [-0.3, -0.25) is 0 Å². The summed E-state index contributed by atoms with van der Waals surface area (Å²) in [5.41, 5.74) is 19.7. The molecule has 0 radical (unpaired) electrons. The third-order valence-corrected chi connectivity index (χ3v) is 18.0. The maximum absolute atomic E-state index is 12.5. The molecule has 18 aromatic rings. The summed E-state index contributed by atoms with van der Waals surface area (Å²) in [7, 11) is 0. The van der Waals surface area contributed by atoms with Crippen LogP contribution in [0.2, 0.25) is 0 Å². The topological polar surface area (TPSA) is 72.2 Å². The molecule has 0 bridgehead atoms. The van der Waals surface area contributed by atoms with Gasteiger partial charge in [-0.25, -0.2) is 0 Å². The summed E-state index contributed by atoms with van der Waals surface area (Å²) in [5.74, 6) is 0. The quantitative estimate of drug-likeness (QED) is 0.160. The molecule has 0 aliphatic heterocycles. The Kier molecular flexibility index (Phi) is 10.4. The summed E-state index contributed by atoms with van der Waals surface area (Å²) >= 11 is 0. The van der Waals surface area contributed by atoms with Crippen LogP contribution >= 0.6 is 0 Å². The minimum Gasteiger partial charge on any atom is -0.309 e. The molecular formula is C80H47N7. The fourth-order valence-corrected chi connectivity index (χ4v) is 14.5. The molecule has 0 aliphatic rings. The molecule has 0 N–H and O–H groups in total. The van der Waals surface area contributed by atoms with E-state index in [1.54, 1.807) is 0 Å². The monoisotopic (exact) mass is 1110 g/mol. The van der Waals surface area contributed by atoms with Gasteiger partial charge in [0.15, 0.2) is 0 Å². The van der Waals surface area contributed by atoms with E-state index < -0.39 is 0 Å². The van der Waals surface area contributed by atoms with Gasteiger partial charge < -0.3 is 22.8 Å². The van der Waals surface area contributed by atoms with Gasteiger partial charge in [-0.15, -0.1) is 0 Å². The molecule has 402 valence electrons. The summed E-state index contributed by atoms with van der Waals surface area (Å²) in [6.07, 6.45) is 0. The van der Waals surface area contributed by atoms with Gasteiger partial charge in [0.25, 0.3) is 0 Å². The van der Waals surface area contributed by atoms with Gasteiger partial charge >= 0.3 is 0 Å². The van der Waals surface area contributed by atoms with Crippen LogP contribution in [0.4, 0.5) is 0 Å². The Morgan fingerprint density at radius 2 is 0.563 bits per heavy atom. The van der Waals surface area contributed by atoms with Crippen molar-refractivity contribution in [2.24, 2.45) is 0 Å². The Labute approximate surface area is 498 Å². The summed E-state index contributed by atoms with van der Waals surface area (Å²) in [4.78, 5) is 0. The maximum atomic E-state index is 12.5. The average molecular weight is 1110 g/mol. The first-order valence-corrected chi connectivity index (χ1v) is 29.4. The molecule has 13 aromatic carbocycles. The van der Waals surface area contributed by atoms with Crippen molar-refractivity contribution in [2.45, 2.75) is 0 Å². The smallest absolute Gasteiger partial charge is 0.104 e. The van der Waals surface area contributed by atoms with E-state index in [1.165, 1.54) is 0 Å². The van der Waals surface area contributed by atoms with E-state index in [0.717, 1.165) is 154 Å². The Balaban J connectivity index is 1.06. The molecule has 0 spiro atoms. The number of benzene rings is 13. The van der Waals surface area contributed by atoms with E-state index in [1.807, 2.05) is 30.3 Å². The normalized spacial score (nSPS) is 11.9. The molecule has 0 fully saturated rings. The number of para-hydroxylation sites is 8. The van der Waals surface area contributed by atoms with Gasteiger partial charge in [-0.05, 0) is 131 Å². The number of aromatic nitrogens is 5. The number of rotatable bonds is 7. The van der Waals surface area contributed by atoms with Crippen molar-refractivity contribution < 1.29 is 0 Å². The SMILES string of the molecule is N#Cc1cc(-c2ccccc2)cc(-c2cc(-n3c4ccccc4c4cc5c(cc43)c3ccccc3n5-c3ccccc3)c(C#N)c(-n3c4ccccc4c4c5c(c6ccccc6n5-c5ccccc5)c5c(c6ccccc6n5-c5ccccc5)c43)c2)c1. The van der Waals surface area contributed by atoms with Crippen LogP contribution < -0.4 is 0 Å². The largest absolute Gasteiger partial charge is 0.309 e. The second kappa shape index (κ2) is 18.7. The van der Waals surface area contributed by atoms with Crippen LogP contribution in [0.15, 0.2) is 285 Å². The van der Waals surface area contributed by atoms with Gasteiger partial charge in [0, 0.05) is 70.9 Å². The fraction of sp³-hybridized carbons (Fsp3) is 0. The van der Waals surface area contributed by atoms with Crippen molar-refractivity contribution in [3.63, 3.8) is 0 Å². The zero-order valence-electron chi connectivity index (χ0n) is 46.8. The van der Waals surface area contributed by atoms with Crippen LogP contribution in [0.1, 0.15) is 11.1 Å². The number of fused-ring (bicyclic) bond motifs is 18. The van der Waals surface area contributed by atoms with E-state index in [9.17, 15) is 10.5 Å². The molecule has 0 aliphatic carbocycles. The summed E-state index contributed by atoms with van der Waals surface area (Å²) in [5, 5.41) is 34.4. The summed E-state index contributed by atoms with van der Waals surface area (Å²) in [6.45, 7) is 0. The van der Waals surface area contributed by atoms with Crippen molar-refractivity contribution in [3.05, 3.63) is 296 Å². The third kappa shape index (κ3) is 6.91. The van der Waals surface area contributed by atoms with Crippen LogP contribution in [0.5, 0.6) is 0 Å². The van der Waals surface area contributed by atoms with Crippen molar-refractivity contribution in [3.8, 4) is 62.8 Å². The van der Waals surface area contributed by atoms with Crippen LogP contribution in [0, 0.1) is 22.7 Å². The lowest BCUT2D eigenvalue weighted by molar-refractivity contribution is 1.12. The molecule has 0 unspecified atom stereocenters. The molecule has 5 aromatic heterocycles. The Hall–Kier alpha value is -12.2. The highest BCUT2D eigenvalue weighted by atomic mass is 15.1. The molecular weight excluding hydrogens is 1060 g/mol. The number of nitriles is 2. The van der Waals surface area contributed by atoms with Crippen molar-refractivity contribution in [1.29, 1.82) is 10.5 Å². The minimum absolute atomic E-state index is 0.499. The van der Waals surface area contributed by atoms with E-state index in [4.69, 9.17) is 0 Å². The standard InChI is InChI=1S/C80H47N7/c81-48-50-41-52(51-23-5-1-6-24-51)43-53(42-50)54-44-71(86-67-37-19-14-32-59(67)64-46-73-63(47-74(64)86)58-31-13-18-36-66(58)83(73)55-25-7-2-8-26-55)65(49-82)72(45-54)87-70-40-22-17-35-62(70)77-79-75(60-33-15-20-38-68(60)84(79)56-27-9-3-10-28-56)78-76(80(77)87)61-34-16-21-39-69(61)85(78)57-29-11-4-12-30-57/h1-47H. The van der Waals surface area contributed by atoms with Gasteiger partial charge in [-0.2, -0.15) is 10.5 Å². The van der Waals surface area contributed by atoms with Crippen LogP contribution in [-0.2, 0) is 0 Å². The predicted octanol–water partition coefficient (Wildman–Crippen LogP) is 20.2. The molecule has 0 saturated heterocycles. The third-order valence-electron chi connectivity index (χ3n) is 18.0. The van der Waals surface area contributed by atoms with E-state index in [0.29, 0.717) is 16.8 Å². The highest BCUT2D eigenvalue weighted by molar-refractivity contribution is 6.40. The van der Waals surface area contributed by atoms with E-state index in [2.05, 4.69) is 290 Å². The molecule has 0 saturated carbocycles. The Bertz CT molecular complexity index is 5930. The lowest BCUT2D eigenvalue weighted by Gasteiger charge is -2.19. The highest BCUT2D eigenvalue weighted by Gasteiger charge is 2.31. The minimum atomic E-state index is 0.499. The molecule has 7 nitrogen and oxygen atoms in total. The van der Waals surface area contributed by atoms with E-state index in [-0.39, 0.29) is 0 Å². The van der Waals surface area contributed by atoms with Gasteiger partial charge in [0.1, 0.15) is 11.6 Å². The van der Waals surface area contributed by atoms with Crippen molar-refractivity contribution in [2.75, 3.05) is 0 Å².